The molecule has 0 aromatic carbocycles. The van der Waals surface area contributed by atoms with Crippen LogP contribution in [-0.2, 0) is 11.3 Å². The van der Waals surface area contributed by atoms with Crippen molar-refractivity contribution in [2.75, 3.05) is 13.1 Å². The van der Waals surface area contributed by atoms with E-state index in [0.29, 0.717) is 31.1 Å². The van der Waals surface area contributed by atoms with Crippen molar-refractivity contribution in [1.29, 1.82) is 0 Å². The second kappa shape index (κ2) is 7.42. The van der Waals surface area contributed by atoms with E-state index in [1.807, 2.05) is 0 Å². The van der Waals surface area contributed by atoms with E-state index in [-0.39, 0.29) is 17.7 Å². The lowest BCUT2D eigenvalue weighted by Crippen LogP contribution is -2.38. The van der Waals surface area contributed by atoms with Gasteiger partial charge in [0.25, 0.3) is 5.91 Å². The zero-order chi connectivity index (χ0) is 17.8. The third kappa shape index (κ3) is 4.01. The molecule has 1 fully saturated rings. The average molecular weight is 343 g/mol. The highest BCUT2D eigenvalue weighted by Crippen LogP contribution is 2.28. The Bertz CT molecular complexity index is 765. The van der Waals surface area contributed by atoms with Crippen molar-refractivity contribution in [1.82, 2.24) is 25.3 Å². The van der Waals surface area contributed by atoms with Crippen molar-refractivity contribution >= 4 is 11.8 Å². The molecule has 0 spiro atoms. The molecule has 2 amide bonds. The Hall–Kier alpha value is -2.77. The number of aromatic nitrogens is 3. The molecule has 0 atom stereocenters. The largest absolute Gasteiger partial charge is 0.361 e. The summed E-state index contributed by atoms with van der Waals surface area (Å²) >= 11 is 0. The van der Waals surface area contributed by atoms with Gasteiger partial charge in [0.05, 0.1) is 17.9 Å². The van der Waals surface area contributed by atoms with Crippen LogP contribution in [0.15, 0.2) is 23.0 Å². The number of hydrogen-bond donors (Lipinski definition) is 1. The van der Waals surface area contributed by atoms with Crippen LogP contribution >= 0.6 is 0 Å². The first-order valence-corrected chi connectivity index (χ1v) is 8.31. The normalized spacial score (nSPS) is 15.2. The van der Waals surface area contributed by atoms with Crippen LogP contribution in [0.3, 0.4) is 0 Å². The van der Waals surface area contributed by atoms with E-state index in [4.69, 9.17) is 4.52 Å². The minimum Gasteiger partial charge on any atom is -0.361 e. The van der Waals surface area contributed by atoms with E-state index < -0.39 is 0 Å². The van der Waals surface area contributed by atoms with Gasteiger partial charge in [-0.1, -0.05) is 5.16 Å². The summed E-state index contributed by atoms with van der Waals surface area (Å²) in [7, 11) is 0. The number of carbonyl (C=O) groups excluding carboxylic acids is 2. The zero-order valence-corrected chi connectivity index (χ0v) is 14.4. The molecular weight excluding hydrogens is 322 g/mol. The van der Waals surface area contributed by atoms with E-state index in [1.165, 1.54) is 6.92 Å². The third-order valence-electron chi connectivity index (χ3n) is 4.33. The average Bonchev–Trinajstić information content (AvgIpc) is 3.06. The third-order valence-corrected chi connectivity index (χ3v) is 4.33. The lowest BCUT2D eigenvalue weighted by molar-refractivity contribution is -0.119. The SMILES string of the molecule is CC(=O)NCc1nccnc1C1CCN(C(=O)c2cc(C)on2)CC1. The predicted molar refractivity (Wildman–Crippen MR) is 88.7 cm³/mol. The minimum atomic E-state index is -0.104. The van der Waals surface area contributed by atoms with Gasteiger partial charge in [0.2, 0.25) is 5.91 Å². The predicted octanol–water partition coefficient (Wildman–Crippen LogP) is 1.43. The Balaban J connectivity index is 1.64. The summed E-state index contributed by atoms with van der Waals surface area (Å²) in [4.78, 5) is 34.2. The molecule has 1 N–H and O–H groups in total. The van der Waals surface area contributed by atoms with Gasteiger partial charge >= 0.3 is 0 Å². The Morgan fingerprint density at radius 3 is 2.64 bits per heavy atom. The summed E-state index contributed by atoms with van der Waals surface area (Å²) in [5.74, 6) is 0.647. The van der Waals surface area contributed by atoms with Gasteiger partial charge in [-0.3, -0.25) is 19.6 Å². The second-order valence-electron chi connectivity index (χ2n) is 6.19. The lowest BCUT2D eigenvalue weighted by Gasteiger charge is -2.31. The number of aryl methyl sites for hydroxylation is 1. The summed E-state index contributed by atoms with van der Waals surface area (Å²) in [6.45, 7) is 4.87. The maximum atomic E-state index is 12.4. The molecule has 3 heterocycles. The molecule has 0 aliphatic carbocycles. The fourth-order valence-corrected chi connectivity index (χ4v) is 3.05. The van der Waals surface area contributed by atoms with Crippen LogP contribution in [-0.4, -0.2) is 44.9 Å². The summed E-state index contributed by atoms with van der Waals surface area (Å²) in [6.07, 6.45) is 4.90. The molecule has 1 aliphatic heterocycles. The van der Waals surface area contributed by atoms with Crippen molar-refractivity contribution < 1.29 is 14.1 Å². The molecule has 0 saturated carbocycles. The molecule has 2 aromatic heterocycles. The summed E-state index contributed by atoms with van der Waals surface area (Å²) < 4.78 is 4.98. The summed E-state index contributed by atoms with van der Waals surface area (Å²) in [5.41, 5.74) is 2.04. The quantitative estimate of drug-likeness (QED) is 0.901. The highest BCUT2D eigenvalue weighted by Gasteiger charge is 2.28. The molecular formula is C17H21N5O3. The van der Waals surface area contributed by atoms with E-state index in [2.05, 4.69) is 20.4 Å². The topological polar surface area (TPSA) is 101 Å². The molecule has 2 aromatic rings. The van der Waals surface area contributed by atoms with Crippen molar-refractivity contribution in [2.45, 2.75) is 39.2 Å². The van der Waals surface area contributed by atoms with Crippen LogP contribution in [0, 0.1) is 6.92 Å². The Morgan fingerprint density at radius 2 is 2.00 bits per heavy atom. The summed E-state index contributed by atoms with van der Waals surface area (Å²) in [5, 5.41) is 6.56. The Labute approximate surface area is 145 Å². The Kier molecular flexibility index (Phi) is 5.06. The molecule has 25 heavy (non-hydrogen) atoms. The molecule has 1 aliphatic rings. The number of rotatable bonds is 4. The first-order valence-electron chi connectivity index (χ1n) is 8.31. The molecule has 0 radical (unpaired) electrons. The monoisotopic (exact) mass is 343 g/mol. The van der Waals surface area contributed by atoms with Crippen LogP contribution in [0.5, 0.6) is 0 Å². The number of hydrogen-bond acceptors (Lipinski definition) is 6. The van der Waals surface area contributed by atoms with Crippen LogP contribution in [0.1, 0.15) is 53.3 Å². The van der Waals surface area contributed by atoms with Crippen LogP contribution < -0.4 is 5.32 Å². The maximum Gasteiger partial charge on any atom is 0.276 e. The molecule has 1 saturated heterocycles. The van der Waals surface area contributed by atoms with Gasteiger partial charge < -0.3 is 14.7 Å². The van der Waals surface area contributed by atoms with Gasteiger partial charge in [-0.25, -0.2) is 0 Å². The number of nitrogens with one attached hydrogen (secondary N) is 1. The first-order chi connectivity index (χ1) is 12.0. The smallest absolute Gasteiger partial charge is 0.276 e. The number of nitrogens with zero attached hydrogens (tertiary/aromatic N) is 4. The second-order valence-corrected chi connectivity index (χ2v) is 6.19. The van der Waals surface area contributed by atoms with Gasteiger partial charge in [0.15, 0.2) is 5.69 Å². The van der Waals surface area contributed by atoms with Gasteiger partial charge in [-0.2, -0.15) is 0 Å². The van der Waals surface area contributed by atoms with Crippen molar-refractivity contribution in [3.8, 4) is 0 Å². The van der Waals surface area contributed by atoms with E-state index in [0.717, 1.165) is 24.2 Å². The fourth-order valence-electron chi connectivity index (χ4n) is 3.05. The van der Waals surface area contributed by atoms with E-state index in [1.54, 1.807) is 30.3 Å². The summed E-state index contributed by atoms with van der Waals surface area (Å²) in [6, 6.07) is 1.66. The highest BCUT2D eigenvalue weighted by molar-refractivity contribution is 5.92. The highest BCUT2D eigenvalue weighted by atomic mass is 16.5. The zero-order valence-electron chi connectivity index (χ0n) is 14.4. The minimum absolute atomic E-state index is 0.0973. The van der Waals surface area contributed by atoms with Crippen molar-refractivity contribution in [3.05, 3.63) is 41.3 Å². The van der Waals surface area contributed by atoms with E-state index in [9.17, 15) is 9.59 Å². The van der Waals surface area contributed by atoms with Gasteiger partial charge in [-0.05, 0) is 19.8 Å². The molecule has 8 nitrogen and oxygen atoms in total. The Morgan fingerprint density at radius 1 is 1.28 bits per heavy atom. The van der Waals surface area contributed by atoms with E-state index >= 15 is 0 Å². The van der Waals surface area contributed by atoms with Gasteiger partial charge in [-0.15, -0.1) is 0 Å². The van der Waals surface area contributed by atoms with Gasteiger partial charge in [0, 0.05) is 44.4 Å². The first kappa shape index (κ1) is 17.1. The molecule has 3 rings (SSSR count). The van der Waals surface area contributed by atoms with Crippen LogP contribution in [0.4, 0.5) is 0 Å². The number of carbonyl (C=O) groups is 2. The van der Waals surface area contributed by atoms with Crippen molar-refractivity contribution in [3.63, 3.8) is 0 Å². The lowest BCUT2D eigenvalue weighted by atomic mass is 9.91. The number of piperidine rings is 1. The van der Waals surface area contributed by atoms with Crippen LogP contribution in [0.25, 0.3) is 0 Å². The standard InChI is InChI=1S/C17H21N5O3/c1-11-9-14(21-25-11)17(24)22-7-3-13(4-8-22)16-15(10-20-12(2)23)18-5-6-19-16/h5-6,9,13H,3-4,7-8,10H2,1-2H3,(H,20,23). The molecule has 132 valence electrons. The van der Waals surface area contributed by atoms with Crippen molar-refractivity contribution in [2.24, 2.45) is 0 Å². The van der Waals surface area contributed by atoms with Crippen LogP contribution in [0.2, 0.25) is 0 Å². The molecule has 0 unspecified atom stereocenters. The number of likely N-dealkylation sites (tertiary alicyclic amines) is 1. The fraction of sp³-hybridized carbons (Fsp3) is 0.471. The molecule has 0 bridgehead atoms. The number of amides is 2. The molecule has 8 heteroatoms. The van der Waals surface area contributed by atoms with Gasteiger partial charge in [0.1, 0.15) is 5.76 Å². The maximum absolute atomic E-state index is 12.4.